The summed E-state index contributed by atoms with van der Waals surface area (Å²) in [5, 5.41) is 0. The minimum absolute atomic E-state index is 0.0835. The highest BCUT2D eigenvalue weighted by Gasteiger charge is 2.19. The summed E-state index contributed by atoms with van der Waals surface area (Å²) >= 11 is 0. The average Bonchev–Trinajstić information content (AvgIpc) is 3.49. The van der Waals surface area contributed by atoms with Crippen LogP contribution >= 0.6 is 0 Å². The molecule has 0 radical (unpaired) electrons. The normalized spacial score (nSPS) is 12.7. The maximum Gasteiger partial charge on any atom is 0.306 e. The molecule has 0 aromatic carbocycles. The van der Waals surface area contributed by atoms with E-state index >= 15 is 0 Å². The van der Waals surface area contributed by atoms with E-state index in [4.69, 9.17) is 14.2 Å². The van der Waals surface area contributed by atoms with E-state index in [1.807, 2.05) is 0 Å². The van der Waals surface area contributed by atoms with E-state index in [0.717, 1.165) is 122 Å². The fraction of sp³-hybridized carbons (Fsp3) is 0.753. The molecule has 0 N–H and O–H groups in total. The molecule has 6 heteroatoms. The van der Waals surface area contributed by atoms with Crippen molar-refractivity contribution in [1.82, 2.24) is 0 Å². The van der Waals surface area contributed by atoms with Gasteiger partial charge in [-0.3, -0.25) is 14.4 Å². The summed E-state index contributed by atoms with van der Waals surface area (Å²) in [6.45, 7) is 6.45. The number of hydrogen-bond donors (Lipinski definition) is 0. The first-order valence-electron chi connectivity index (χ1n) is 35.7. The molecule has 0 saturated heterocycles. The summed E-state index contributed by atoms with van der Waals surface area (Å²) in [4.78, 5) is 38.5. The van der Waals surface area contributed by atoms with Crippen LogP contribution in [0.2, 0.25) is 0 Å². The van der Waals surface area contributed by atoms with Gasteiger partial charge in [0.05, 0.1) is 0 Å². The Morgan fingerprint density at radius 3 is 0.735 bits per heavy atom. The molecule has 0 heterocycles. The Bertz CT molecular complexity index is 1610. The number of allylic oxidation sites excluding steroid dienone is 16. The van der Waals surface area contributed by atoms with Crippen molar-refractivity contribution < 1.29 is 28.6 Å². The van der Waals surface area contributed by atoms with E-state index < -0.39 is 6.10 Å². The van der Waals surface area contributed by atoms with Crippen molar-refractivity contribution in [2.24, 2.45) is 0 Å². The van der Waals surface area contributed by atoms with Crippen LogP contribution in [0.25, 0.3) is 0 Å². The largest absolute Gasteiger partial charge is 0.462 e. The molecule has 0 rings (SSSR count). The molecule has 0 aliphatic rings. The van der Waals surface area contributed by atoms with Crippen LogP contribution in [0.1, 0.15) is 355 Å². The number of esters is 3. The van der Waals surface area contributed by atoms with Crippen LogP contribution in [-0.2, 0) is 28.6 Å². The minimum atomic E-state index is -0.790. The minimum Gasteiger partial charge on any atom is -0.462 e. The van der Waals surface area contributed by atoms with Gasteiger partial charge in [0.1, 0.15) is 13.2 Å². The van der Waals surface area contributed by atoms with Gasteiger partial charge in [-0.2, -0.15) is 0 Å². The van der Waals surface area contributed by atoms with E-state index in [1.165, 1.54) is 193 Å². The van der Waals surface area contributed by atoms with Crippen LogP contribution in [0.3, 0.4) is 0 Å². The molecular formula is C77H134O6. The summed E-state index contributed by atoms with van der Waals surface area (Å²) in [5.74, 6) is -0.890. The SMILES string of the molecule is CC/C=C\C/C=C\C/C=C\C/C=C\CCCCCCCCCCCCCCC(=O)OCC(COC(=O)CCCCCC/C=C\C/C=C\C/C=C\C/C=C\CC)OC(=O)CCCCCCCCCCCCCCCCCCCCCCCCC. The summed E-state index contributed by atoms with van der Waals surface area (Å²) < 4.78 is 17.0. The van der Waals surface area contributed by atoms with E-state index in [-0.39, 0.29) is 31.1 Å². The smallest absolute Gasteiger partial charge is 0.306 e. The van der Waals surface area contributed by atoms with Gasteiger partial charge in [0.15, 0.2) is 6.10 Å². The lowest BCUT2D eigenvalue weighted by molar-refractivity contribution is -0.167. The topological polar surface area (TPSA) is 78.9 Å². The first-order valence-corrected chi connectivity index (χ1v) is 35.7. The highest BCUT2D eigenvalue weighted by molar-refractivity contribution is 5.71. The highest BCUT2D eigenvalue weighted by Crippen LogP contribution is 2.18. The number of hydrogen-bond acceptors (Lipinski definition) is 6. The Hall–Kier alpha value is -3.67. The fourth-order valence-corrected chi connectivity index (χ4v) is 10.3. The number of rotatable bonds is 65. The van der Waals surface area contributed by atoms with Crippen molar-refractivity contribution in [2.75, 3.05) is 13.2 Å². The van der Waals surface area contributed by atoms with Crippen molar-refractivity contribution in [3.05, 3.63) is 97.2 Å². The molecule has 478 valence electrons. The molecule has 0 aliphatic heterocycles. The van der Waals surface area contributed by atoms with Crippen LogP contribution in [0.4, 0.5) is 0 Å². The molecule has 0 aliphatic carbocycles. The third-order valence-corrected chi connectivity index (χ3v) is 15.6. The summed E-state index contributed by atoms with van der Waals surface area (Å²) in [7, 11) is 0. The van der Waals surface area contributed by atoms with Crippen molar-refractivity contribution in [2.45, 2.75) is 361 Å². The Labute approximate surface area is 515 Å². The maximum atomic E-state index is 13.0. The van der Waals surface area contributed by atoms with Crippen molar-refractivity contribution in [1.29, 1.82) is 0 Å². The number of ether oxygens (including phenoxy) is 3. The molecule has 0 amide bonds. The van der Waals surface area contributed by atoms with Crippen molar-refractivity contribution >= 4 is 17.9 Å². The van der Waals surface area contributed by atoms with Gasteiger partial charge < -0.3 is 14.2 Å². The van der Waals surface area contributed by atoms with E-state index in [9.17, 15) is 14.4 Å². The number of carbonyl (C=O) groups is 3. The standard InChI is InChI=1S/C77H134O6/c1-4-7-10-13-16-19-22-25-28-31-33-35-37-38-40-41-43-46-49-52-55-58-61-64-67-70-76(79)82-73-74(72-81-75(78)69-66-63-60-57-54-51-48-45-30-27-24-21-18-15-12-9-6-3)83-77(80)71-68-65-62-59-56-53-50-47-44-42-39-36-34-32-29-26-23-20-17-14-11-8-5-2/h7,9-10,12,16,18-19,21,25,27-28,30,33,35,48,51,74H,4-6,8,11,13-15,17,20,22-24,26,29,31-32,34,36-47,49-50,52-73H2,1-3H3/b10-7-,12-9-,19-16-,21-18-,28-25-,30-27-,35-33-,51-48-. The lowest BCUT2D eigenvalue weighted by Crippen LogP contribution is -2.30. The second kappa shape index (κ2) is 70.8. The summed E-state index contributed by atoms with van der Waals surface area (Å²) in [5.41, 5.74) is 0. The van der Waals surface area contributed by atoms with Gasteiger partial charge in [-0.1, -0.05) is 336 Å². The van der Waals surface area contributed by atoms with Gasteiger partial charge in [0.2, 0.25) is 0 Å². The van der Waals surface area contributed by atoms with Gasteiger partial charge in [-0.15, -0.1) is 0 Å². The molecule has 0 saturated carbocycles. The predicted molar refractivity (Wildman–Crippen MR) is 362 cm³/mol. The Morgan fingerprint density at radius 2 is 0.470 bits per heavy atom. The van der Waals surface area contributed by atoms with Crippen molar-refractivity contribution in [3.8, 4) is 0 Å². The maximum absolute atomic E-state index is 13.0. The summed E-state index contributed by atoms with van der Waals surface area (Å²) in [6.07, 6.45) is 95.8. The average molecular weight is 1160 g/mol. The highest BCUT2D eigenvalue weighted by atomic mass is 16.6. The molecule has 1 unspecified atom stereocenters. The molecule has 0 aromatic rings. The lowest BCUT2D eigenvalue weighted by Gasteiger charge is -2.18. The van der Waals surface area contributed by atoms with Crippen molar-refractivity contribution in [3.63, 3.8) is 0 Å². The molecule has 0 spiro atoms. The van der Waals surface area contributed by atoms with Gasteiger partial charge >= 0.3 is 17.9 Å². The van der Waals surface area contributed by atoms with Crippen LogP contribution in [-0.4, -0.2) is 37.2 Å². The first-order chi connectivity index (χ1) is 41.0. The Balaban J connectivity index is 4.35. The summed E-state index contributed by atoms with van der Waals surface area (Å²) in [6, 6.07) is 0. The zero-order chi connectivity index (χ0) is 59.9. The molecule has 0 aromatic heterocycles. The predicted octanol–water partition coefficient (Wildman–Crippen LogP) is 24.8. The lowest BCUT2D eigenvalue weighted by atomic mass is 10.0. The second-order valence-electron chi connectivity index (χ2n) is 23.7. The van der Waals surface area contributed by atoms with Gasteiger partial charge in [-0.05, 0) is 96.3 Å². The van der Waals surface area contributed by atoms with Gasteiger partial charge in [0, 0.05) is 19.3 Å². The van der Waals surface area contributed by atoms with E-state index in [1.54, 1.807) is 0 Å². The first kappa shape index (κ1) is 79.3. The second-order valence-corrected chi connectivity index (χ2v) is 23.7. The fourth-order valence-electron chi connectivity index (χ4n) is 10.3. The monoisotopic (exact) mass is 1160 g/mol. The third-order valence-electron chi connectivity index (χ3n) is 15.6. The van der Waals surface area contributed by atoms with E-state index in [2.05, 4.69) is 118 Å². The quantitative estimate of drug-likeness (QED) is 0.0261. The van der Waals surface area contributed by atoms with Crippen LogP contribution < -0.4 is 0 Å². The molecule has 83 heavy (non-hydrogen) atoms. The molecular weight excluding hydrogens is 1020 g/mol. The number of carbonyl (C=O) groups excluding carboxylic acids is 3. The zero-order valence-corrected chi connectivity index (χ0v) is 54.9. The van der Waals surface area contributed by atoms with Crippen LogP contribution in [0, 0.1) is 0 Å². The van der Waals surface area contributed by atoms with Crippen LogP contribution in [0.5, 0.6) is 0 Å². The Kier molecular flexibility index (Phi) is 67.7. The third kappa shape index (κ3) is 69.0. The Morgan fingerprint density at radius 1 is 0.253 bits per heavy atom. The van der Waals surface area contributed by atoms with E-state index in [0.29, 0.717) is 19.3 Å². The molecule has 0 bridgehead atoms. The van der Waals surface area contributed by atoms with Gasteiger partial charge in [-0.25, -0.2) is 0 Å². The molecule has 1 atom stereocenters. The van der Waals surface area contributed by atoms with Crippen LogP contribution in [0.15, 0.2) is 97.2 Å². The number of unbranched alkanes of at least 4 members (excludes halogenated alkanes) is 38. The molecule has 6 nitrogen and oxygen atoms in total. The zero-order valence-electron chi connectivity index (χ0n) is 54.9. The molecule has 0 fully saturated rings. The van der Waals surface area contributed by atoms with Gasteiger partial charge in [0.25, 0.3) is 0 Å².